The molecular formula is C12H27N3O. The van der Waals surface area contributed by atoms with Crippen molar-refractivity contribution < 1.29 is 4.79 Å². The van der Waals surface area contributed by atoms with Gasteiger partial charge in [0.1, 0.15) is 0 Å². The molecule has 0 aromatic carbocycles. The summed E-state index contributed by atoms with van der Waals surface area (Å²) in [4.78, 5) is 13.8. The molecule has 0 saturated heterocycles. The summed E-state index contributed by atoms with van der Waals surface area (Å²) in [6, 6.07) is -0.100. The molecule has 96 valence electrons. The first kappa shape index (κ1) is 15.4. The molecule has 0 heterocycles. The second kappa shape index (κ2) is 6.21. The van der Waals surface area contributed by atoms with E-state index in [0.29, 0.717) is 6.54 Å². The highest BCUT2D eigenvalue weighted by atomic mass is 16.1. The Bertz CT molecular complexity index is 224. The Kier molecular flexibility index (Phi) is 5.97. The van der Waals surface area contributed by atoms with Crippen LogP contribution in [0, 0.1) is 11.3 Å². The summed E-state index contributed by atoms with van der Waals surface area (Å²) in [7, 11) is 4.07. The van der Waals surface area contributed by atoms with E-state index >= 15 is 0 Å². The molecule has 0 spiro atoms. The summed E-state index contributed by atoms with van der Waals surface area (Å²) in [6.07, 6.45) is 0. The molecule has 2 atom stereocenters. The van der Waals surface area contributed by atoms with Crippen LogP contribution < -0.4 is 11.1 Å². The third-order valence-electron chi connectivity index (χ3n) is 2.69. The molecule has 0 saturated carbocycles. The lowest BCUT2D eigenvalue weighted by Crippen LogP contribution is -2.44. The van der Waals surface area contributed by atoms with E-state index < -0.39 is 0 Å². The van der Waals surface area contributed by atoms with E-state index in [2.05, 4.69) is 24.1 Å². The number of nitrogens with one attached hydrogen (secondary N) is 1. The highest BCUT2D eigenvalue weighted by Crippen LogP contribution is 2.14. The van der Waals surface area contributed by atoms with Gasteiger partial charge in [0.2, 0.25) is 5.91 Å². The first-order valence-electron chi connectivity index (χ1n) is 5.84. The van der Waals surface area contributed by atoms with Crippen LogP contribution in [0.2, 0.25) is 0 Å². The van der Waals surface area contributed by atoms with Gasteiger partial charge in [-0.3, -0.25) is 4.79 Å². The maximum atomic E-state index is 11.7. The number of nitrogens with zero attached hydrogens (tertiary/aromatic N) is 1. The molecule has 3 N–H and O–H groups in total. The lowest BCUT2D eigenvalue weighted by molar-refractivity contribution is -0.125. The van der Waals surface area contributed by atoms with E-state index in [1.165, 1.54) is 0 Å². The van der Waals surface area contributed by atoms with Gasteiger partial charge in [0.25, 0.3) is 0 Å². The zero-order valence-corrected chi connectivity index (χ0v) is 11.5. The molecule has 0 rings (SSSR count). The lowest BCUT2D eigenvalue weighted by atomic mass is 9.92. The van der Waals surface area contributed by atoms with E-state index in [9.17, 15) is 4.79 Å². The third kappa shape index (κ3) is 6.08. The first-order chi connectivity index (χ1) is 7.15. The van der Waals surface area contributed by atoms with Crippen molar-refractivity contribution in [1.29, 1.82) is 0 Å². The molecule has 0 bridgehead atoms. The first-order valence-corrected chi connectivity index (χ1v) is 5.84. The maximum absolute atomic E-state index is 11.7. The SMILES string of the molecule is CC(N)C(C)C(=O)NCC(C)(C)CN(C)C. The predicted octanol–water partition coefficient (Wildman–Crippen LogP) is 0.674. The minimum atomic E-state index is -0.129. The molecule has 4 heteroatoms. The number of carbonyl (C=O) groups is 1. The predicted molar refractivity (Wildman–Crippen MR) is 68.2 cm³/mol. The van der Waals surface area contributed by atoms with Crippen LogP contribution in [0.15, 0.2) is 0 Å². The van der Waals surface area contributed by atoms with Crippen molar-refractivity contribution >= 4 is 5.91 Å². The fourth-order valence-electron chi connectivity index (χ4n) is 1.64. The van der Waals surface area contributed by atoms with Crippen molar-refractivity contribution in [1.82, 2.24) is 10.2 Å². The van der Waals surface area contributed by atoms with Gasteiger partial charge in [-0.1, -0.05) is 20.8 Å². The van der Waals surface area contributed by atoms with Crippen molar-refractivity contribution in [3.05, 3.63) is 0 Å². The monoisotopic (exact) mass is 229 g/mol. The Morgan fingerprint density at radius 1 is 1.38 bits per heavy atom. The van der Waals surface area contributed by atoms with Gasteiger partial charge < -0.3 is 16.0 Å². The normalized spacial score (nSPS) is 16.0. The van der Waals surface area contributed by atoms with Gasteiger partial charge in [0.15, 0.2) is 0 Å². The molecule has 0 aliphatic carbocycles. The largest absolute Gasteiger partial charge is 0.355 e. The Morgan fingerprint density at radius 3 is 2.25 bits per heavy atom. The smallest absolute Gasteiger partial charge is 0.224 e. The summed E-state index contributed by atoms with van der Waals surface area (Å²) in [5, 5.41) is 2.96. The Labute approximate surface area is 99.6 Å². The minimum absolute atomic E-state index is 0.0434. The van der Waals surface area contributed by atoms with Crippen LogP contribution in [0.25, 0.3) is 0 Å². The molecule has 0 aliphatic heterocycles. The molecule has 0 aliphatic rings. The van der Waals surface area contributed by atoms with Gasteiger partial charge in [-0.2, -0.15) is 0 Å². The van der Waals surface area contributed by atoms with Crippen molar-refractivity contribution in [3.63, 3.8) is 0 Å². The van der Waals surface area contributed by atoms with Crippen molar-refractivity contribution in [3.8, 4) is 0 Å². The molecule has 0 radical (unpaired) electrons. The third-order valence-corrected chi connectivity index (χ3v) is 2.69. The van der Waals surface area contributed by atoms with Gasteiger partial charge in [-0.15, -0.1) is 0 Å². The van der Waals surface area contributed by atoms with E-state index in [1.807, 2.05) is 27.9 Å². The Hall–Kier alpha value is -0.610. The molecule has 4 nitrogen and oxygen atoms in total. The molecule has 0 aromatic rings. The Morgan fingerprint density at radius 2 is 1.88 bits per heavy atom. The van der Waals surface area contributed by atoms with Crippen molar-refractivity contribution in [2.75, 3.05) is 27.2 Å². The highest BCUT2D eigenvalue weighted by molar-refractivity contribution is 5.78. The number of rotatable bonds is 6. The number of amides is 1. The van der Waals surface area contributed by atoms with Crippen LogP contribution >= 0.6 is 0 Å². The Balaban J connectivity index is 4.09. The van der Waals surface area contributed by atoms with Crippen molar-refractivity contribution in [2.45, 2.75) is 33.7 Å². The van der Waals surface area contributed by atoms with Gasteiger partial charge in [0.05, 0.1) is 0 Å². The standard InChI is InChI=1S/C12H27N3O/c1-9(10(2)13)11(16)14-7-12(3,4)8-15(5)6/h9-10H,7-8,13H2,1-6H3,(H,14,16). The van der Waals surface area contributed by atoms with Crippen LogP contribution in [0.5, 0.6) is 0 Å². The lowest BCUT2D eigenvalue weighted by Gasteiger charge is -2.29. The minimum Gasteiger partial charge on any atom is -0.355 e. The second-order valence-corrected chi connectivity index (χ2v) is 5.77. The van der Waals surface area contributed by atoms with Crippen LogP contribution in [-0.4, -0.2) is 44.0 Å². The highest BCUT2D eigenvalue weighted by Gasteiger charge is 2.22. The summed E-state index contributed by atoms with van der Waals surface area (Å²) in [5.41, 5.74) is 5.77. The molecule has 1 amide bonds. The molecule has 0 aromatic heterocycles. The van der Waals surface area contributed by atoms with Crippen LogP contribution in [-0.2, 0) is 4.79 Å². The fourth-order valence-corrected chi connectivity index (χ4v) is 1.64. The van der Waals surface area contributed by atoms with E-state index in [4.69, 9.17) is 5.73 Å². The summed E-state index contributed by atoms with van der Waals surface area (Å²) >= 11 is 0. The number of hydrogen-bond donors (Lipinski definition) is 2. The second-order valence-electron chi connectivity index (χ2n) is 5.77. The van der Waals surface area contributed by atoms with Crippen LogP contribution in [0.3, 0.4) is 0 Å². The van der Waals surface area contributed by atoms with Gasteiger partial charge >= 0.3 is 0 Å². The summed E-state index contributed by atoms with van der Waals surface area (Å²) in [5.74, 6) is -0.0861. The molecule has 16 heavy (non-hydrogen) atoms. The van der Waals surface area contributed by atoms with E-state index in [0.717, 1.165) is 6.54 Å². The van der Waals surface area contributed by atoms with Crippen molar-refractivity contribution in [2.24, 2.45) is 17.1 Å². The average Bonchev–Trinajstić information content (AvgIpc) is 2.10. The molecular weight excluding hydrogens is 202 g/mol. The number of carbonyl (C=O) groups excluding carboxylic acids is 1. The van der Waals surface area contributed by atoms with Gasteiger partial charge in [-0.25, -0.2) is 0 Å². The van der Waals surface area contributed by atoms with Gasteiger partial charge in [-0.05, 0) is 26.4 Å². The van der Waals surface area contributed by atoms with Gasteiger partial charge in [0, 0.05) is 25.0 Å². The topological polar surface area (TPSA) is 58.4 Å². The van der Waals surface area contributed by atoms with Crippen LogP contribution in [0.1, 0.15) is 27.7 Å². The number of hydrogen-bond acceptors (Lipinski definition) is 3. The molecule has 2 unspecified atom stereocenters. The maximum Gasteiger partial charge on any atom is 0.224 e. The average molecular weight is 229 g/mol. The molecule has 0 fully saturated rings. The summed E-state index contributed by atoms with van der Waals surface area (Å²) < 4.78 is 0. The van der Waals surface area contributed by atoms with E-state index in [1.54, 1.807) is 0 Å². The zero-order chi connectivity index (χ0) is 12.9. The zero-order valence-electron chi connectivity index (χ0n) is 11.5. The summed E-state index contributed by atoms with van der Waals surface area (Å²) in [6.45, 7) is 9.63. The fraction of sp³-hybridized carbons (Fsp3) is 0.917. The van der Waals surface area contributed by atoms with Crippen LogP contribution in [0.4, 0.5) is 0 Å². The number of nitrogens with two attached hydrogens (primary N) is 1. The van der Waals surface area contributed by atoms with E-state index in [-0.39, 0.29) is 23.3 Å². The quantitative estimate of drug-likeness (QED) is 0.704.